The lowest BCUT2D eigenvalue weighted by molar-refractivity contribution is 0.322. The number of fused-ring (bicyclic) bond motifs is 1. The van der Waals surface area contributed by atoms with E-state index in [2.05, 4.69) is 17.0 Å². The summed E-state index contributed by atoms with van der Waals surface area (Å²) in [6.45, 7) is 2.42. The Kier molecular flexibility index (Phi) is 3.56. The van der Waals surface area contributed by atoms with Crippen molar-refractivity contribution >= 4 is 5.69 Å². The van der Waals surface area contributed by atoms with Crippen LogP contribution in [0.25, 0.3) is 0 Å². The van der Waals surface area contributed by atoms with E-state index in [9.17, 15) is 5.26 Å². The summed E-state index contributed by atoms with van der Waals surface area (Å²) >= 11 is 0. The molecule has 3 heteroatoms. The van der Waals surface area contributed by atoms with Crippen LogP contribution in [0.3, 0.4) is 0 Å². The minimum Gasteiger partial charge on any atom is -0.491 e. The molecule has 0 aliphatic carbocycles. The van der Waals surface area contributed by atoms with Crippen molar-refractivity contribution in [2.75, 3.05) is 18.1 Å². The molecule has 1 aliphatic heterocycles. The van der Waals surface area contributed by atoms with Crippen molar-refractivity contribution in [3.05, 3.63) is 59.7 Å². The van der Waals surface area contributed by atoms with Gasteiger partial charge in [-0.25, -0.2) is 0 Å². The monoisotopic (exact) mass is 264 g/mol. The van der Waals surface area contributed by atoms with Crippen LogP contribution in [0.5, 0.6) is 5.75 Å². The molecular weight excluding hydrogens is 248 g/mol. The van der Waals surface area contributed by atoms with E-state index in [1.165, 1.54) is 0 Å². The van der Waals surface area contributed by atoms with Crippen molar-refractivity contribution in [2.45, 2.75) is 13.0 Å². The molecule has 0 saturated carbocycles. The van der Waals surface area contributed by atoms with Gasteiger partial charge in [0.2, 0.25) is 0 Å². The zero-order chi connectivity index (χ0) is 13.8. The molecule has 0 N–H and O–H groups in total. The van der Waals surface area contributed by atoms with E-state index in [1.54, 1.807) is 0 Å². The molecular formula is C17H16N2O. The van der Waals surface area contributed by atoms with Crippen LogP contribution in [-0.4, -0.2) is 13.2 Å². The molecule has 0 unspecified atom stereocenters. The average Bonchev–Trinajstić information content (AvgIpc) is 2.71. The van der Waals surface area contributed by atoms with Gasteiger partial charge >= 0.3 is 0 Å². The van der Waals surface area contributed by atoms with Gasteiger partial charge in [0, 0.05) is 13.1 Å². The summed E-state index contributed by atoms with van der Waals surface area (Å²) in [4.78, 5) is 2.29. The zero-order valence-corrected chi connectivity index (χ0v) is 11.2. The van der Waals surface area contributed by atoms with Crippen LogP contribution >= 0.6 is 0 Å². The van der Waals surface area contributed by atoms with E-state index in [0.29, 0.717) is 0 Å². The first-order valence-electron chi connectivity index (χ1n) is 6.83. The third-order valence-corrected chi connectivity index (χ3v) is 3.53. The summed E-state index contributed by atoms with van der Waals surface area (Å²) in [5.41, 5.74) is 2.92. The number of rotatable bonds is 2. The quantitative estimate of drug-likeness (QED) is 0.834. The maximum Gasteiger partial charge on any atom is 0.142 e. The van der Waals surface area contributed by atoms with Crippen LogP contribution in [0, 0.1) is 11.3 Å². The highest BCUT2D eigenvalue weighted by molar-refractivity contribution is 5.59. The number of hydrogen-bond donors (Lipinski definition) is 0. The number of nitriles is 1. The molecule has 0 spiro atoms. The second-order valence-corrected chi connectivity index (χ2v) is 4.86. The molecule has 3 nitrogen and oxygen atoms in total. The minimum absolute atomic E-state index is 0.740. The highest BCUT2D eigenvalue weighted by Gasteiger charge is 2.16. The summed E-state index contributed by atoms with van der Waals surface area (Å²) in [6, 6.07) is 18.1. The summed E-state index contributed by atoms with van der Waals surface area (Å²) in [7, 11) is 0. The van der Waals surface area contributed by atoms with E-state index < -0.39 is 0 Å². The van der Waals surface area contributed by atoms with Crippen LogP contribution in [-0.2, 0) is 6.54 Å². The van der Waals surface area contributed by atoms with Crippen molar-refractivity contribution < 1.29 is 4.74 Å². The normalized spacial score (nSPS) is 13.8. The fraction of sp³-hybridized carbons (Fsp3) is 0.235. The van der Waals surface area contributed by atoms with Crippen LogP contribution < -0.4 is 9.64 Å². The lowest BCUT2D eigenvalue weighted by atomic mass is 10.1. The zero-order valence-electron chi connectivity index (χ0n) is 11.2. The topological polar surface area (TPSA) is 36.3 Å². The van der Waals surface area contributed by atoms with Gasteiger partial charge in [0.1, 0.15) is 5.75 Å². The van der Waals surface area contributed by atoms with Crippen LogP contribution in [0.2, 0.25) is 0 Å². The Hall–Kier alpha value is -2.47. The van der Waals surface area contributed by atoms with Crippen molar-refractivity contribution in [1.82, 2.24) is 0 Å². The van der Waals surface area contributed by atoms with Gasteiger partial charge in [0.25, 0.3) is 0 Å². The highest BCUT2D eigenvalue weighted by Crippen LogP contribution is 2.31. The third-order valence-electron chi connectivity index (χ3n) is 3.53. The third kappa shape index (κ3) is 2.46. The molecule has 20 heavy (non-hydrogen) atoms. The fourth-order valence-electron chi connectivity index (χ4n) is 2.54. The molecule has 0 aromatic heterocycles. The molecule has 2 aromatic carbocycles. The highest BCUT2D eigenvalue weighted by atomic mass is 16.5. The number of nitrogens with zero attached hydrogens (tertiary/aromatic N) is 2. The Morgan fingerprint density at radius 2 is 1.90 bits per heavy atom. The van der Waals surface area contributed by atoms with Crippen LogP contribution in [0.1, 0.15) is 17.5 Å². The Morgan fingerprint density at radius 3 is 2.80 bits per heavy atom. The molecule has 0 amide bonds. The molecule has 0 bridgehead atoms. The van der Waals surface area contributed by atoms with Crippen molar-refractivity contribution in [3.63, 3.8) is 0 Å². The first kappa shape index (κ1) is 12.6. The van der Waals surface area contributed by atoms with Gasteiger partial charge in [0.15, 0.2) is 0 Å². The predicted molar refractivity (Wildman–Crippen MR) is 78.8 cm³/mol. The van der Waals surface area contributed by atoms with Gasteiger partial charge < -0.3 is 9.64 Å². The minimum atomic E-state index is 0.740. The largest absolute Gasteiger partial charge is 0.491 e. The van der Waals surface area contributed by atoms with Gasteiger partial charge in [0.05, 0.1) is 23.9 Å². The Labute approximate surface area is 119 Å². The molecule has 100 valence electrons. The Balaban J connectivity index is 1.93. The Morgan fingerprint density at radius 1 is 1.10 bits per heavy atom. The van der Waals surface area contributed by atoms with E-state index in [1.807, 2.05) is 42.5 Å². The maximum absolute atomic E-state index is 9.21. The molecule has 0 radical (unpaired) electrons. The molecule has 0 saturated heterocycles. The van der Waals surface area contributed by atoms with Crippen molar-refractivity contribution in [2.24, 2.45) is 0 Å². The second kappa shape index (κ2) is 5.66. The SMILES string of the molecule is N#Cc1ccccc1CN1CCCOc2ccccc21. The summed E-state index contributed by atoms with van der Waals surface area (Å²) in [5.74, 6) is 0.930. The maximum atomic E-state index is 9.21. The number of benzene rings is 2. The molecule has 1 heterocycles. The van der Waals surface area contributed by atoms with Gasteiger partial charge in [-0.3, -0.25) is 0 Å². The van der Waals surface area contributed by atoms with E-state index >= 15 is 0 Å². The van der Waals surface area contributed by atoms with Gasteiger partial charge in [-0.05, 0) is 30.2 Å². The summed E-state index contributed by atoms with van der Waals surface area (Å²) in [5, 5.41) is 9.21. The van der Waals surface area contributed by atoms with Gasteiger partial charge in [-0.15, -0.1) is 0 Å². The first-order chi connectivity index (χ1) is 9.88. The van der Waals surface area contributed by atoms with Crippen molar-refractivity contribution in [3.8, 4) is 11.8 Å². The van der Waals surface area contributed by atoms with Crippen LogP contribution in [0.4, 0.5) is 5.69 Å². The lowest BCUT2D eigenvalue weighted by Gasteiger charge is -2.24. The van der Waals surface area contributed by atoms with Crippen LogP contribution in [0.15, 0.2) is 48.5 Å². The smallest absolute Gasteiger partial charge is 0.142 e. The summed E-state index contributed by atoms with van der Waals surface area (Å²) < 4.78 is 5.77. The number of ether oxygens (including phenoxy) is 1. The second-order valence-electron chi connectivity index (χ2n) is 4.86. The predicted octanol–water partition coefficient (Wildman–Crippen LogP) is 3.35. The molecule has 0 atom stereocenters. The number of para-hydroxylation sites is 2. The first-order valence-corrected chi connectivity index (χ1v) is 6.83. The van der Waals surface area contributed by atoms with E-state index in [0.717, 1.165) is 48.7 Å². The number of hydrogen-bond acceptors (Lipinski definition) is 3. The van der Waals surface area contributed by atoms with Crippen molar-refractivity contribution in [1.29, 1.82) is 5.26 Å². The van der Waals surface area contributed by atoms with Gasteiger partial charge in [-0.2, -0.15) is 5.26 Å². The number of anilines is 1. The standard InChI is InChI=1S/C17H16N2O/c18-12-14-6-1-2-7-15(14)13-19-10-5-11-20-17-9-4-3-8-16(17)19/h1-4,6-9H,5,10-11,13H2. The molecule has 3 rings (SSSR count). The molecule has 1 aliphatic rings. The summed E-state index contributed by atoms with van der Waals surface area (Å²) in [6.07, 6.45) is 0.989. The van der Waals surface area contributed by atoms with E-state index in [4.69, 9.17) is 4.74 Å². The Bertz CT molecular complexity index is 645. The average molecular weight is 264 g/mol. The van der Waals surface area contributed by atoms with Gasteiger partial charge in [-0.1, -0.05) is 30.3 Å². The lowest BCUT2D eigenvalue weighted by Crippen LogP contribution is -2.23. The van der Waals surface area contributed by atoms with E-state index in [-0.39, 0.29) is 0 Å². The molecule has 2 aromatic rings. The fourth-order valence-corrected chi connectivity index (χ4v) is 2.54. The molecule has 0 fully saturated rings.